The normalized spacial score (nSPS) is 18.6. The molecule has 0 aromatic heterocycles. The summed E-state index contributed by atoms with van der Waals surface area (Å²) >= 11 is 0. The van der Waals surface area contributed by atoms with Crippen LogP contribution in [0.15, 0.2) is 61.2 Å². The maximum absolute atomic E-state index is 12.8. The number of hydrogen-bond donors (Lipinski definition) is 0. The third-order valence-electron chi connectivity index (χ3n) is 4.71. The molecule has 0 bridgehead atoms. The molecule has 144 valence electrons. The van der Waals surface area contributed by atoms with Crippen LogP contribution >= 0.6 is 0 Å². The van der Waals surface area contributed by atoms with Gasteiger partial charge in [0.25, 0.3) is 11.8 Å². The molecule has 0 aliphatic carbocycles. The molecule has 27 heavy (non-hydrogen) atoms. The third-order valence-corrected chi connectivity index (χ3v) is 4.71. The summed E-state index contributed by atoms with van der Waals surface area (Å²) in [5, 5.41) is 0. The Bertz CT molecular complexity index is 754. The number of amides is 2. The molecule has 1 fully saturated rings. The quantitative estimate of drug-likeness (QED) is 0.573. The molecule has 0 saturated carbocycles. The Morgan fingerprint density at radius 1 is 1.26 bits per heavy atom. The smallest absolute Gasteiger partial charge is 0.263 e. The van der Waals surface area contributed by atoms with E-state index < -0.39 is 6.10 Å². The number of rotatable bonds is 6. The first kappa shape index (κ1) is 20.5. The Morgan fingerprint density at radius 3 is 2.56 bits per heavy atom. The molecule has 1 aliphatic heterocycles. The molecule has 1 aromatic rings. The van der Waals surface area contributed by atoms with Gasteiger partial charge in [0.05, 0.1) is 0 Å². The van der Waals surface area contributed by atoms with Gasteiger partial charge in [-0.2, -0.15) is 0 Å². The van der Waals surface area contributed by atoms with E-state index in [9.17, 15) is 9.59 Å². The minimum atomic E-state index is -0.583. The largest absolute Gasteiger partial charge is 0.481 e. The second-order valence-electron chi connectivity index (χ2n) is 6.72. The monoisotopic (exact) mass is 368 g/mol. The molecule has 0 N–H and O–H groups in total. The lowest BCUT2D eigenvalue weighted by molar-refractivity contribution is -0.145. The predicted octanol–water partition coefficient (Wildman–Crippen LogP) is 3.12. The maximum atomic E-state index is 12.8. The summed E-state index contributed by atoms with van der Waals surface area (Å²) < 4.78 is 5.87. The summed E-state index contributed by atoms with van der Waals surface area (Å²) in [5.74, 6) is 0.557. The van der Waals surface area contributed by atoms with Crippen LogP contribution in [0.25, 0.3) is 0 Å². The number of ether oxygens (including phenoxy) is 1. The number of aryl methyl sites for hydroxylation is 1. The van der Waals surface area contributed by atoms with Gasteiger partial charge < -0.3 is 14.5 Å². The summed E-state index contributed by atoms with van der Waals surface area (Å²) in [7, 11) is 0. The number of carbonyl (C=O) groups excluding carboxylic acids is 2. The SMILES string of the molecule is C=C/C=C(\C=C)C(=O)N1CCN(C(=O)C(C)Oc2ccccc2C)C(C)C1. The van der Waals surface area contributed by atoms with E-state index in [1.165, 1.54) is 6.08 Å². The van der Waals surface area contributed by atoms with Gasteiger partial charge in [-0.3, -0.25) is 9.59 Å². The van der Waals surface area contributed by atoms with Gasteiger partial charge in [0, 0.05) is 31.2 Å². The number of para-hydroxylation sites is 1. The Balaban J connectivity index is 2.01. The highest BCUT2D eigenvalue weighted by atomic mass is 16.5. The average Bonchev–Trinajstić information content (AvgIpc) is 2.66. The van der Waals surface area contributed by atoms with Crippen molar-refractivity contribution in [3.63, 3.8) is 0 Å². The van der Waals surface area contributed by atoms with Crippen LogP contribution in [0.1, 0.15) is 19.4 Å². The fraction of sp³-hybridized carbons (Fsp3) is 0.364. The van der Waals surface area contributed by atoms with Crippen LogP contribution in [0, 0.1) is 6.92 Å². The van der Waals surface area contributed by atoms with E-state index in [1.54, 1.807) is 28.9 Å². The molecule has 2 atom stereocenters. The molecule has 5 nitrogen and oxygen atoms in total. The van der Waals surface area contributed by atoms with Gasteiger partial charge in [0.2, 0.25) is 0 Å². The first-order valence-corrected chi connectivity index (χ1v) is 9.16. The molecule has 5 heteroatoms. The topological polar surface area (TPSA) is 49.9 Å². The van der Waals surface area contributed by atoms with E-state index in [-0.39, 0.29) is 17.9 Å². The Kier molecular flexibility index (Phi) is 6.99. The number of allylic oxidation sites excluding steroid dienone is 2. The number of benzene rings is 1. The van der Waals surface area contributed by atoms with E-state index >= 15 is 0 Å². The average molecular weight is 368 g/mol. The second-order valence-corrected chi connectivity index (χ2v) is 6.72. The van der Waals surface area contributed by atoms with E-state index in [4.69, 9.17) is 4.74 Å². The summed E-state index contributed by atoms with van der Waals surface area (Å²) in [6, 6.07) is 7.55. The van der Waals surface area contributed by atoms with Crippen molar-refractivity contribution >= 4 is 11.8 Å². The summed E-state index contributed by atoms with van der Waals surface area (Å²) in [5.41, 5.74) is 1.50. The van der Waals surface area contributed by atoms with E-state index in [0.29, 0.717) is 31.0 Å². The molecule has 1 aromatic carbocycles. The van der Waals surface area contributed by atoms with Crippen LogP contribution in [0.2, 0.25) is 0 Å². The summed E-state index contributed by atoms with van der Waals surface area (Å²) in [6.45, 7) is 14.4. The third kappa shape index (κ3) is 4.88. The summed E-state index contributed by atoms with van der Waals surface area (Å²) in [6.07, 6.45) is 4.17. The van der Waals surface area contributed by atoms with Gasteiger partial charge in [-0.15, -0.1) is 0 Å². The lowest BCUT2D eigenvalue weighted by Crippen LogP contribution is -2.57. The van der Waals surface area contributed by atoms with Gasteiger partial charge in [-0.05, 0) is 32.4 Å². The van der Waals surface area contributed by atoms with Crippen molar-refractivity contribution in [1.82, 2.24) is 9.80 Å². The van der Waals surface area contributed by atoms with Crippen LogP contribution < -0.4 is 4.74 Å². The van der Waals surface area contributed by atoms with Crippen molar-refractivity contribution in [1.29, 1.82) is 0 Å². The van der Waals surface area contributed by atoms with Gasteiger partial charge in [-0.1, -0.05) is 49.6 Å². The molecule has 1 heterocycles. The number of hydrogen-bond acceptors (Lipinski definition) is 3. The molecular formula is C22H28N2O3. The molecule has 2 rings (SSSR count). The number of nitrogens with zero attached hydrogens (tertiary/aromatic N) is 2. The molecule has 0 radical (unpaired) electrons. The second kappa shape index (κ2) is 9.21. The fourth-order valence-corrected chi connectivity index (χ4v) is 3.17. The van der Waals surface area contributed by atoms with Crippen molar-refractivity contribution in [3.8, 4) is 5.75 Å². The van der Waals surface area contributed by atoms with E-state index in [1.807, 2.05) is 38.1 Å². The molecular weight excluding hydrogens is 340 g/mol. The van der Waals surface area contributed by atoms with Gasteiger partial charge >= 0.3 is 0 Å². The zero-order valence-corrected chi connectivity index (χ0v) is 16.4. The molecule has 2 unspecified atom stereocenters. The van der Waals surface area contributed by atoms with Crippen LogP contribution in [-0.2, 0) is 9.59 Å². The Labute approximate surface area is 161 Å². The molecule has 1 aliphatic rings. The first-order valence-electron chi connectivity index (χ1n) is 9.16. The maximum Gasteiger partial charge on any atom is 0.263 e. The highest BCUT2D eigenvalue weighted by molar-refractivity contribution is 5.96. The number of piperazine rings is 1. The van der Waals surface area contributed by atoms with E-state index in [0.717, 1.165) is 5.56 Å². The fourth-order valence-electron chi connectivity index (χ4n) is 3.17. The van der Waals surface area contributed by atoms with Crippen LogP contribution in [0.4, 0.5) is 0 Å². The standard InChI is InChI=1S/C22H28N2O3/c1-6-10-19(7-2)22(26)23-13-14-24(17(4)15-23)21(25)18(5)27-20-12-9-8-11-16(20)3/h6-12,17-18H,1-2,13-15H2,3-5H3/b19-10+. The predicted molar refractivity (Wildman–Crippen MR) is 108 cm³/mol. The zero-order chi connectivity index (χ0) is 20.0. The van der Waals surface area contributed by atoms with Gasteiger partial charge in [0.1, 0.15) is 5.75 Å². The highest BCUT2D eigenvalue weighted by Gasteiger charge is 2.33. The molecule has 0 spiro atoms. The molecule has 1 saturated heterocycles. The van der Waals surface area contributed by atoms with Gasteiger partial charge in [-0.25, -0.2) is 0 Å². The van der Waals surface area contributed by atoms with Crippen molar-refractivity contribution in [2.45, 2.75) is 32.9 Å². The van der Waals surface area contributed by atoms with Crippen LogP contribution in [-0.4, -0.2) is 53.4 Å². The van der Waals surface area contributed by atoms with Crippen LogP contribution in [0.3, 0.4) is 0 Å². The highest BCUT2D eigenvalue weighted by Crippen LogP contribution is 2.20. The van der Waals surface area contributed by atoms with Gasteiger partial charge in [0.15, 0.2) is 6.10 Å². The zero-order valence-electron chi connectivity index (χ0n) is 16.4. The summed E-state index contributed by atoms with van der Waals surface area (Å²) in [4.78, 5) is 29.0. The van der Waals surface area contributed by atoms with Crippen molar-refractivity contribution < 1.29 is 14.3 Å². The van der Waals surface area contributed by atoms with Crippen molar-refractivity contribution in [2.75, 3.05) is 19.6 Å². The Hall–Kier alpha value is -2.82. The number of carbonyl (C=O) groups is 2. The minimum absolute atomic E-state index is 0.0663. The lowest BCUT2D eigenvalue weighted by atomic mass is 10.1. The molecule has 2 amide bonds. The van der Waals surface area contributed by atoms with E-state index in [2.05, 4.69) is 13.2 Å². The lowest BCUT2D eigenvalue weighted by Gasteiger charge is -2.41. The van der Waals surface area contributed by atoms with Crippen LogP contribution in [0.5, 0.6) is 5.75 Å². The van der Waals surface area contributed by atoms with Crippen molar-refractivity contribution in [3.05, 3.63) is 66.8 Å². The minimum Gasteiger partial charge on any atom is -0.481 e. The Morgan fingerprint density at radius 2 is 1.96 bits per heavy atom. The first-order chi connectivity index (χ1) is 12.9. The van der Waals surface area contributed by atoms with Crippen molar-refractivity contribution in [2.24, 2.45) is 0 Å².